The number of hydrogen-bond acceptors (Lipinski definition) is 2. The van der Waals surface area contributed by atoms with E-state index in [2.05, 4.69) is 18.7 Å². The van der Waals surface area contributed by atoms with Gasteiger partial charge in [-0.2, -0.15) is 0 Å². The second-order valence-corrected chi connectivity index (χ2v) is 5.32. The lowest BCUT2D eigenvalue weighted by Crippen LogP contribution is -2.33. The van der Waals surface area contributed by atoms with E-state index in [4.69, 9.17) is 0 Å². The van der Waals surface area contributed by atoms with E-state index in [9.17, 15) is 4.79 Å². The summed E-state index contributed by atoms with van der Waals surface area (Å²) in [4.78, 5) is 13.8. The average Bonchev–Trinajstić information content (AvgIpc) is 2.73. The largest absolute Gasteiger partial charge is 0.300 e. The molecular weight excluding hydrogens is 174 g/mol. The summed E-state index contributed by atoms with van der Waals surface area (Å²) in [5.74, 6) is 0.472. The summed E-state index contributed by atoms with van der Waals surface area (Å²) in [6.45, 7) is 7.08. The number of hydrogen-bond donors (Lipinski definition) is 0. The molecule has 2 rings (SSSR count). The highest BCUT2D eigenvalue weighted by atomic mass is 16.1. The monoisotopic (exact) mass is 195 g/mol. The molecule has 1 saturated carbocycles. The smallest absolute Gasteiger partial charge is 0.134 e. The molecule has 2 aliphatic rings. The van der Waals surface area contributed by atoms with Gasteiger partial charge in [-0.3, -0.25) is 9.69 Å². The van der Waals surface area contributed by atoms with Gasteiger partial charge >= 0.3 is 0 Å². The Bertz CT molecular complexity index is 238. The van der Waals surface area contributed by atoms with Crippen molar-refractivity contribution < 1.29 is 4.79 Å². The van der Waals surface area contributed by atoms with Crippen molar-refractivity contribution in [1.82, 2.24) is 4.90 Å². The van der Waals surface area contributed by atoms with Crippen LogP contribution in [0.25, 0.3) is 0 Å². The SMILES string of the molecule is CCC1(C)CCN(C2CCC(=O)C2)C1. The van der Waals surface area contributed by atoms with E-state index in [1.165, 1.54) is 25.9 Å². The van der Waals surface area contributed by atoms with Crippen molar-refractivity contribution in [3.05, 3.63) is 0 Å². The first-order valence-electron chi connectivity index (χ1n) is 5.89. The topological polar surface area (TPSA) is 20.3 Å². The molecule has 0 aromatic rings. The normalized spacial score (nSPS) is 39.6. The van der Waals surface area contributed by atoms with E-state index in [-0.39, 0.29) is 0 Å². The highest BCUT2D eigenvalue weighted by Crippen LogP contribution is 2.36. The molecule has 0 amide bonds. The van der Waals surface area contributed by atoms with Crippen molar-refractivity contribution in [1.29, 1.82) is 0 Å². The molecule has 0 bridgehead atoms. The molecule has 2 heteroatoms. The number of carbonyl (C=O) groups is 1. The fraction of sp³-hybridized carbons (Fsp3) is 0.917. The molecule has 2 atom stereocenters. The fourth-order valence-corrected chi connectivity index (χ4v) is 2.77. The van der Waals surface area contributed by atoms with E-state index in [0.717, 1.165) is 19.3 Å². The number of carbonyl (C=O) groups excluding carboxylic acids is 1. The lowest BCUT2D eigenvalue weighted by Gasteiger charge is -2.26. The third kappa shape index (κ3) is 1.85. The first kappa shape index (κ1) is 10.2. The van der Waals surface area contributed by atoms with Gasteiger partial charge in [0.2, 0.25) is 0 Å². The number of rotatable bonds is 2. The van der Waals surface area contributed by atoms with E-state index >= 15 is 0 Å². The summed E-state index contributed by atoms with van der Waals surface area (Å²) < 4.78 is 0. The Balaban J connectivity index is 1.92. The van der Waals surface area contributed by atoms with Crippen LogP contribution in [0, 0.1) is 5.41 Å². The molecule has 2 fully saturated rings. The van der Waals surface area contributed by atoms with Gasteiger partial charge in [0.15, 0.2) is 0 Å². The molecule has 80 valence electrons. The Hall–Kier alpha value is -0.370. The van der Waals surface area contributed by atoms with E-state index in [1.54, 1.807) is 0 Å². The molecule has 1 aliphatic carbocycles. The van der Waals surface area contributed by atoms with Gasteiger partial charge in [0.05, 0.1) is 0 Å². The molecule has 0 aromatic heterocycles. The van der Waals surface area contributed by atoms with E-state index < -0.39 is 0 Å². The summed E-state index contributed by atoms with van der Waals surface area (Å²) in [6.07, 6.45) is 5.33. The number of ketones is 1. The van der Waals surface area contributed by atoms with Gasteiger partial charge in [0.1, 0.15) is 5.78 Å². The van der Waals surface area contributed by atoms with Crippen LogP contribution in [-0.4, -0.2) is 29.8 Å². The minimum atomic E-state index is 0.472. The van der Waals surface area contributed by atoms with Crippen LogP contribution in [0.15, 0.2) is 0 Å². The summed E-state index contributed by atoms with van der Waals surface area (Å²) in [6, 6.07) is 0.580. The minimum absolute atomic E-state index is 0.472. The van der Waals surface area contributed by atoms with Gasteiger partial charge in [-0.25, -0.2) is 0 Å². The maximum absolute atomic E-state index is 11.2. The molecule has 0 aromatic carbocycles. The summed E-state index contributed by atoms with van der Waals surface area (Å²) in [5, 5.41) is 0. The lowest BCUT2D eigenvalue weighted by atomic mass is 9.87. The number of Topliss-reactive ketones (excluding diaryl/α,β-unsaturated/α-hetero) is 1. The van der Waals surface area contributed by atoms with Crippen LogP contribution in [0.4, 0.5) is 0 Å². The Labute approximate surface area is 86.7 Å². The summed E-state index contributed by atoms with van der Waals surface area (Å²) in [5.41, 5.74) is 0.519. The van der Waals surface area contributed by atoms with Crippen LogP contribution in [0.5, 0.6) is 0 Å². The molecule has 0 N–H and O–H groups in total. The predicted molar refractivity (Wildman–Crippen MR) is 57.2 cm³/mol. The molecule has 2 nitrogen and oxygen atoms in total. The Morgan fingerprint density at radius 1 is 1.57 bits per heavy atom. The fourth-order valence-electron chi connectivity index (χ4n) is 2.77. The zero-order valence-electron chi connectivity index (χ0n) is 9.38. The van der Waals surface area contributed by atoms with Crippen molar-refractivity contribution in [2.45, 2.75) is 52.0 Å². The molecule has 1 aliphatic heterocycles. The van der Waals surface area contributed by atoms with Crippen LogP contribution in [0.1, 0.15) is 46.0 Å². The summed E-state index contributed by atoms with van der Waals surface area (Å²) in [7, 11) is 0. The van der Waals surface area contributed by atoms with Gasteiger partial charge in [-0.15, -0.1) is 0 Å². The van der Waals surface area contributed by atoms with Crippen molar-refractivity contribution in [3.8, 4) is 0 Å². The third-order valence-corrected chi connectivity index (χ3v) is 4.18. The predicted octanol–water partition coefficient (Wildman–Crippen LogP) is 2.23. The van der Waals surface area contributed by atoms with Crippen molar-refractivity contribution in [2.75, 3.05) is 13.1 Å². The van der Waals surface area contributed by atoms with Gasteiger partial charge < -0.3 is 0 Å². The van der Waals surface area contributed by atoms with Crippen molar-refractivity contribution in [2.24, 2.45) is 5.41 Å². The second kappa shape index (κ2) is 3.65. The number of likely N-dealkylation sites (tertiary alicyclic amines) is 1. The minimum Gasteiger partial charge on any atom is -0.300 e. The van der Waals surface area contributed by atoms with Crippen LogP contribution in [-0.2, 0) is 4.79 Å². The summed E-state index contributed by atoms with van der Waals surface area (Å²) >= 11 is 0. The average molecular weight is 195 g/mol. The Morgan fingerprint density at radius 3 is 2.86 bits per heavy atom. The second-order valence-electron chi connectivity index (χ2n) is 5.32. The molecular formula is C12H21NO. The zero-order chi connectivity index (χ0) is 10.2. The van der Waals surface area contributed by atoms with Gasteiger partial charge in [0, 0.05) is 25.4 Å². The Kier molecular flexibility index (Phi) is 2.65. The lowest BCUT2D eigenvalue weighted by molar-refractivity contribution is -0.117. The van der Waals surface area contributed by atoms with E-state index in [0.29, 0.717) is 17.2 Å². The molecule has 14 heavy (non-hydrogen) atoms. The maximum atomic E-state index is 11.2. The molecule has 2 unspecified atom stereocenters. The van der Waals surface area contributed by atoms with Gasteiger partial charge in [-0.05, 0) is 31.2 Å². The van der Waals surface area contributed by atoms with Gasteiger partial charge in [-0.1, -0.05) is 13.8 Å². The third-order valence-electron chi connectivity index (χ3n) is 4.18. The first-order chi connectivity index (χ1) is 6.63. The van der Waals surface area contributed by atoms with Crippen molar-refractivity contribution in [3.63, 3.8) is 0 Å². The molecule has 1 heterocycles. The van der Waals surface area contributed by atoms with Crippen molar-refractivity contribution >= 4 is 5.78 Å². The maximum Gasteiger partial charge on any atom is 0.134 e. The van der Waals surface area contributed by atoms with E-state index in [1.807, 2.05) is 0 Å². The highest BCUT2D eigenvalue weighted by molar-refractivity contribution is 5.81. The standard InChI is InChI=1S/C12H21NO/c1-3-12(2)6-7-13(9-12)10-4-5-11(14)8-10/h10H,3-9H2,1-2H3. The number of nitrogens with zero attached hydrogens (tertiary/aromatic N) is 1. The van der Waals surface area contributed by atoms with Gasteiger partial charge in [0.25, 0.3) is 0 Å². The zero-order valence-corrected chi connectivity index (χ0v) is 9.38. The first-order valence-corrected chi connectivity index (χ1v) is 5.89. The Morgan fingerprint density at radius 2 is 2.36 bits per heavy atom. The quantitative estimate of drug-likeness (QED) is 0.673. The van der Waals surface area contributed by atoms with Crippen LogP contribution >= 0.6 is 0 Å². The molecule has 1 saturated heterocycles. The van der Waals surface area contributed by atoms with Crippen LogP contribution < -0.4 is 0 Å². The van der Waals surface area contributed by atoms with Crippen LogP contribution in [0.3, 0.4) is 0 Å². The molecule has 0 radical (unpaired) electrons. The highest BCUT2D eigenvalue weighted by Gasteiger charge is 2.37. The van der Waals surface area contributed by atoms with Crippen LogP contribution in [0.2, 0.25) is 0 Å². The molecule has 0 spiro atoms.